The third-order valence-electron chi connectivity index (χ3n) is 5.19. The van der Waals surface area contributed by atoms with Crippen LogP contribution in [0.5, 0.6) is 0 Å². The van der Waals surface area contributed by atoms with E-state index in [1.54, 1.807) is 20.8 Å². The van der Waals surface area contributed by atoms with Gasteiger partial charge in [0.15, 0.2) is 0 Å². The van der Waals surface area contributed by atoms with Gasteiger partial charge in [0.05, 0.1) is 12.6 Å². The molecule has 6 nitrogen and oxygen atoms in total. The van der Waals surface area contributed by atoms with Gasteiger partial charge in [0, 0.05) is 13.1 Å². The zero-order chi connectivity index (χ0) is 23.1. The van der Waals surface area contributed by atoms with Crippen molar-refractivity contribution < 1.29 is 23.5 Å². The van der Waals surface area contributed by atoms with Gasteiger partial charge in [0.2, 0.25) is 0 Å². The van der Waals surface area contributed by atoms with Gasteiger partial charge < -0.3 is 14.4 Å². The van der Waals surface area contributed by atoms with E-state index in [1.165, 1.54) is 9.80 Å². The van der Waals surface area contributed by atoms with E-state index in [-0.39, 0.29) is 19.7 Å². The molecule has 1 saturated heterocycles. The molecule has 1 aliphatic rings. The van der Waals surface area contributed by atoms with Gasteiger partial charge in [0.1, 0.15) is 18.4 Å². The summed E-state index contributed by atoms with van der Waals surface area (Å²) in [6.45, 7) is 5.83. The molecule has 0 aliphatic carbocycles. The smallest absolute Gasteiger partial charge is 0.410 e. The number of alkyl halides is 1. The highest BCUT2D eigenvalue weighted by Crippen LogP contribution is 2.24. The summed E-state index contributed by atoms with van der Waals surface area (Å²) in [5.41, 5.74) is 1.09. The molecule has 2 aromatic carbocycles. The van der Waals surface area contributed by atoms with E-state index in [1.807, 2.05) is 60.7 Å². The van der Waals surface area contributed by atoms with Crippen LogP contribution in [0.25, 0.3) is 0 Å². The van der Waals surface area contributed by atoms with Crippen molar-refractivity contribution >= 4 is 12.2 Å². The minimum Gasteiger partial charge on any atom is -0.445 e. The van der Waals surface area contributed by atoms with Crippen molar-refractivity contribution in [2.75, 3.05) is 13.1 Å². The molecule has 2 aromatic rings. The van der Waals surface area contributed by atoms with Gasteiger partial charge in [-0.15, -0.1) is 0 Å². The second-order valence-corrected chi connectivity index (χ2v) is 8.95. The lowest BCUT2D eigenvalue weighted by Crippen LogP contribution is -2.55. The number of carbonyl (C=O) groups is 2. The molecule has 1 aliphatic heterocycles. The molecule has 0 radical (unpaired) electrons. The molecule has 1 heterocycles. The number of hydrogen-bond donors (Lipinski definition) is 0. The number of halogens is 1. The van der Waals surface area contributed by atoms with Crippen LogP contribution in [0.4, 0.5) is 14.0 Å². The maximum Gasteiger partial charge on any atom is 0.410 e. The molecule has 172 valence electrons. The minimum atomic E-state index is -1.41. The topological polar surface area (TPSA) is 59.1 Å². The first-order valence-corrected chi connectivity index (χ1v) is 10.9. The average molecular weight is 443 g/mol. The largest absolute Gasteiger partial charge is 0.445 e. The molecule has 1 fully saturated rings. The number of ether oxygens (including phenoxy) is 2. The Balaban J connectivity index is 1.70. The fraction of sp³-hybridized carbons (Fsp3) is 0.440. The van der Waals surface area contributed by atoms with Crippen LogP contribution in [0.2, 0.25) is 0 Å². The van der Waals surface area contributed by atoms with Crippen LogP contribution in [0.1, 0.15) is 38.3 Å². The quantitative estimate of drug-likeness (QED) is 0.641. The molecule has 32 heavy (non-hydrogen) atoms. The van der Waals surface area contributed by atoms with E-state index in [4.69, 9.17) is 9.47 Å². The molecule has 0 bridgehead atoms. The standard InChI is InChI=1S/C25H31FN2O4/c1-25(2,3)32-23(29)27-15-14-22(21(26)17-27)28(16-19-10-6-4-7-11-19)24(30)31-18-20-12-8-5-9-13-20/h4-13,21-22H,14-18H2,1-3H3/t21-,22+/m1/s1. The molecule has 0 aromatic heterocycles. The fourth-order valence-corrected chi connectivity index (χ4v) is 3.64. The number of rotatable bonds is 5. The third kappa shape index (κ3) is 6.70. The normalized spacial score (nSPS) is 18.7. The van der Waals surface area contributed by atoms with Gasteiger partial charge >= 0.3 is 12.2 Å². The van der Waals surface area contributed by atoms with Crippen LogP contribution >= 0.6 is 0 Å². The van der Waals surface area contributed by atoms with Gasteiger partial charge in [-0.3, -0.25) is 4.90 Å². The SMILES string of the molecule is CC(C)(C)OC(=O)N1CC[C@H](N(Cc2ccccc2)C(=O)OCc2ccccc2)[C@H](F)C1. The van der Waals surface area contributed by atoms with E-state index < -0.39 is 30.0 Å². The van der Waals surface area contributed by atoms with E-state index in [0.717, 1.165) is 11.1 Å². The molecular weight excluding hydrogens is 411 g/mol. The van der Waals surface area contributed by atoms with Gasteiger partial charge in [-0.05, 0) is 38.3 Å². The molecular formula is C25H31FN2O4. The summed E-state index contributed by atoms with van der Waals surface area (Å²) in [6.07, 6.45) is -2.23. The monoisotopic (exact) mass is 442 g/mol. The van der Waals surface area contributed by atoms with Crippen molar-refractivity contribution in [2.45, 2.75) is 58.2 Å². The summed E-state index contributed by atoms with van der Waals surface area (Å²) in [5.74, 6) is 0. The number of likely N-dealkylation sites (tertiary alicyclic amines) is 1. The van der Waals surface area contributed by atoms with Gasteiger partial charge in [-0.1, -0.05) is 60.7 Å². The van der Waals surface area contributed by atoms with E-state index >= 15 is 4.39 Å². The second kappa shape index (κ2) is 10.5. The maximum atomic E-state index is 15.3. The van der Waals surface area contributed by atoms with Crippen molar-refractivity contribution in [3.05, 3.63) is 71.8 Å². The lowest BCUT2D eigenvalue weighted by atomic mass is 10.0. The highest BCUT2D eigenvalue weighted by atomic mass is 19.1. The number of amides is 2. The van der Waals surface area contributed by atoms with Gasteiger partial charge in [-0.25, -0.2) is 14.0 Å². The predicted molar refractivity (Wildman–Crippen MR) is 120 cm³/mol. The van der Waals surface area contributed by atoms with E-state index in [2.05, 4.69) is 0 Å². The first-order valence-electron chi connectivity index (χ1n) is 10.9. The molecule has 0 saturated carbocycles. The van der Waals surface area contributed by atoms with Crippen molar-refractivity contribution in [2.24, 2.45) is 0 Å². The summed E-state index contributed by atoms with van der Waals surface area (Å²) in [4.78, 5) is 28.2. The highest BCUT2D eigenvalue weighted by molar-refractivity contribution is 5.69. The Morgan fingerprint density at radius 2 is 1.62 bits per heavy atom. The van der Waals surface area contributed by atoms with Crippen molar-refractivity contribution in [3.63, 3.8) is 0 Å². The lowest BCUT2D eigenvalue weighted by molar-refractivity contribution is -0.00786. The predicted octanol–water partition coefficient (Wildman–Crippen LogP) is 5.17. The van der Waals surface area contributed by atoms with Crippen LogP contribution in [-0.4, -0.2) is 52.9 Å². The number of benzene rings is 2. The average Bonchev–Trinajstić information content (AvgIpc) is 2.76. The molecule has 0 unspecified atom stereocenters. The zero-order valence-corrected chi connectivity index (χ0v) is 18.9. The van der Waals surface area contributed by atoms with Crippen LogP contribution in [0, 0.1) is 0 Å². The second-order valence-electron chi connectivity index (χ2n) is 8.95. The Bertz CT molecular complexity index is 886. The van der Waals surface area contributed by atoms with E-state index in [9.17, 15) is 9.59 Å². The minimum absolute atomic E-state index is 0.110. The molecule has 7 heteroatoms. The molecule has 3 rings (SSSR count). The van der Waals surface area contributed by atoms with Crippen LogP contribution in [-0.2, 0) is 22.6 Å². The van der Waals surface area contributed by atoms with Gasteiger partial charge in [-0.2, -0.15) is 0 Å². The summed E-state index contributed by atoms with van der Waals surface area (Å²) in [5, 5.41) is 0. The first-order chi connectivity index (χ1) is 15.2. The summed E-state index contributed by atoms with van der Waals surface area (Å²) in [6, 6.07) is 18.1. The molecule has 2 amide bonds. The Morgan fingerprint density at radius 1 is 1.03 bits per heavy atom. The van der Waals surface area contributed by atoms with Crippen LogP contribution < -0.4 is 0 Å². The first kappa shape index (κ1) is 23.6. The molecule has 0 spiro atoms. The number of hydrogen-bond acceptors (Lipinski definition) is 4. The molecule has 0 N–H and O–H groups in total. The van der Waals surface area contributed by atoms with Crippen molar-refractivity contribution in [1.29, 1.82) is 0 Å². The Labute approximate surface area is 188 Å². The lowest BCUT2D eigenvalue weighted by Gasteiger charge is -2.40. The summed E-state index contributed by atoms with van der Waals surface area (Å²) < 4.78 is 26.2. The molecule has 2 atom stereocenters. The Kier molecular flexibility index (Phi) is 7.72. The Morgan fingerprint density at radius 3 is 2.19 bits per heavy atom. The number of carbonyl (C=O) groups excluding carboxylic acids is 2. The highest BCUT2D eigenvalue weighted by Gasteiger charge is 2.39. The van der Waals surface area contributed by atoms with Crippen molar-refractivity contribution in [3.8, 4) is 0 Å². The third-order valence-corrected chi connectivity index (χ3v) is 5.19. The Hall–Kier alpha value is -3.09. The van der Waals surface area contributed by atoms with Crippen molar-refractivity contribution in [1.82, 2.24) is 9.80 Å². The van der Waals surface area contributed by atoms with Gasteiger partial charge in [0.25, 0.3) is 0 Å². The number of nitrogens with zero attached hydrogens (tertiary/aromatic N) is 2. The summed E-state index contributed by atoms with van der Waals surface area (Å²) >= 11 is 0. The summed E-state index contributed by atoms with van der Waals surface area (Å²) in [7, 11) is 0. The fourth-order valence-electron chi connectivity index (χ4n) is 3.64. The van der Waals surface area contributed by atoms with Crippen LogP contribution in [0.3, 0.4) is 0 Å². The number of piperidine rings is 1. The zero-order valence-electron chi connectivity index (χ0n) is 18.9. The van der Waals surface area contributed by atoms with Crippen LogP contribution in [0.15, 0.2) is 60.7 Å². The maximum absolute atomic E-state index is 15.3. The van der Waals surface area contributed by atoms with E-state index in [0.29, 0.717) is 13.0 Å².